The minimum atomic E-state index is -0.588. The van der Waals surface area contributed by atoms with Gasteiger partial charge >= 0.3 is 0 Å². The minimum Gasteiger partial charge on any atom is -0.369 e. The lowest BCUT2D eigenvalue weighted by Crippen LogP contribution is -2.47. The molecule has 206 valence electrons. The lowest BCUT2D eigenvalue weighted by atomic mass is 10.2. The van der Waals surface area contributed by atoms with Gasteiger partial charge < -0.3 is 24.8 Å². The van der Waals surface area contributed by atoms with Crippen molar-refractivity contribution in [3.05, 3.63) is 59.1 Å². The highest BCUT2D eigenvalue weighted by atomic mass is 35.5. The summed E-state index contributed by atoms with van der Waals surface area (Å²) in [4.78, 5) is 32.4. The first-order chi connectivity index (χ1) is 19.0. The third-order valence-electron chi connectivity index (χ3n) is 6.67. The van der Waals surface area contributed by atoms with Gasteiger partial charge in [-0.15, -0.1) is 11.8 Å². The van der Waals surface area contributed by atoms with Crippen molar-refractivity contribution in [2.45, 2.75) is 13.0 Å². The molecular weight excluding hydrogens is 540 g/mol. The van der Waals surface area contributed by atoms with Crippen LogP contribution in [0.1, 0.15) is 5.56 Å². The van der Waals surface area contributed by atoms with Gasteiger partial charge in [-0.3, -0.25) is 10.0 Å². The number of thioether (sulfide) groups is 1. The molecular formula is C26H31ClN8O3S. The van der Waals surface area contributed by atoms with Gasteiger partial charge in [-0.2, -0.15) is 15.0 Å². The molecule has 1 aromatic heterocycles. The average molecular weight is 571 g/mol. The Labute approximate surface area is 236 Å². The largest absolute Gasteiger partial charge is 0.369 e. The second-order valence-electron chi connectivity index (χ2n) is 9.30. The van der Waals surface area contributed by atoms with Crippen LogP contribution < -0.4 is 25.5 Å². The van der Waals surface area contributed by atoms with Crippen LogP contribution in [0.25, 0.3) is 0 Å². The summed E-state index contributed by atoms with van der Waals surface area (Å²) in [5.74, 6) is 2.53. The predicted molar refractivity (Wildman–Crippen MR) is 155 cm³/mol. The van der Waals surface area contributed by atoms with E-state index in [0.29, 0.717) is 30.3 Å². The zero-order valence-electron chi connectivity index (χ0n) is 21.6. The molecule has 2 aliphatic heterocycles. The third kappa shape index (κ3) is 6.64. The Morgan fingerprint density at radius 2 is 1.77 bits per heavy atom. The number of carbonyl (C=O) groups is 1. The Balaban J connectivity index is 1.37. The number of hydrogen-bond donors (Lipinski definition) is 3. The van der Waals surface area contributed by atoms with Crippen LogP contribution in [0, 0.1) is 6.92 Å². The van der Waals surface area contributed by atoms with E-state index in [0.717, 1.165) is 53.9 Å². The van der Waals surface area contributed by atoms with Crippen molar-refractivity contribution in [3.63, 3.8) is 0 Å². The van der Waals surface area contributed by atoms with Crippen molar-refractivity contribution in [1.29, 1.82) is 0 Å². The molecule has 5 rings (SSSR count). The van der Waals surface area contributed by atoms with Crippen molar-refractivity contribution < 1.29 is 14.7 Å². The molecule has 0 aliphatic carbocycles. The van der Waals surface area contributed by atoms with E-state index in [1.54, 1.807) is 17.2 Å². The molecule has 0 bridgehead atoms. The molecule has 3 aromatic rings. The minimum absolute atomic E-state index is 0.0277. The number of ether oxygens (including phenoxy) is 1. The van der Waals surface area contributed by atoms with E-state index in [-0.39, 0.29) is 12.6 Å². The van der Waals surface area contributed by atoms with Gasteiger partial charge in [0.2, 0.25) is 17.8 Å². The highest BCUT2D eigenvalue weighted by molar-refractivity contribution is 7.99. The van der Waals surface area contributed by atoms with Crippen LogP contribution in [0.5, 0.6) is 0 Å². The van der Waals surface area contributed by atoms with Crippen LogP contribution in [0.2, 0.25) is 5.02 Å². The molecule has 0 unspecified atom stereocenters. The fourth-order valence-electron chi connectivity index (χ4n) is 4.53. The van der Waals surface area contributed by atoms with E-state index in [2.05, 4.69) is 20.0 Å². The molecule has 0 saturated carbocycles. The normalized spacial score (nSPS) is 17.4. The van der Waals surface area contributed by atoms with Crippen LogP contribution in [-0.4, -0.2) is 83.1 Å². The van der Waals surface area contributed by atoms with Crippen molar-refractivity contribution >= 4 is 58.5 Å². The number of hydroxylamine groups is 1. The molecule has 1 amide bonds. The summed E-state index contributed by atoms with van der Waals surface area (Å²) < 4.78 is 5.53. The number of aryl methyl sites for hydroxylation is 1. The molecule has 3 heterocycles. The average Bonchev–Trinajstić information content (AvgIpc) is 3.43. The summed E-state index contributed by atoms with van der Waals surface area (Å²) in [5.41, 5.74) is 4.63. The van der Waals surface area contributed by atoms with Crippen molar-refractivity contribution in [2.75, 3.05) is 71.0 Å². The van der Waals surface area contributed by atoms with Gasteiger partial charge in [0.25, 0.3) is 5.91 Å². The van der Waals surface area contributed by atoms with Gasteiger partial charge in [-0.05, 0) is 30.7 Å². The number of nitrogens with zero attached hydrogens (tertiary/aromatic N) is 6. The summed E-state index contributed by atoms with van der Waals surface area (Å²) in [5, 5.41) is 12.9. The highest BCUT2D eigenvalue weighted by Crippen LogP contribution is 2.30. The highest BCUT2D eigenvalue weighted by Gasteiger charge is 2.30. The zero-order valence-corrected chi connectivity index (χ0v) is 23.2. The van der Waals surface area contributed by atoms with Gasteiger partial charge in [0.05, 0.1) is 29.2 Å². The molecule has 2 aliphatic rings. The number of amides is 1. The number of para-hydroxylation sites is 2. The Hall–Kier alpha value is -3.32. The van der Waals surface area contributed by atoms with Gasteiger partial charge in [0.1, 0.15) is 6.61 Å². The van der Waals surface area contributed by atoms with Gasteiger partial charge in [-0.1, -0.05) is 41.9 Å². The maximum absolute atomic E-state index is 11.4. The van der Waals surface area contributed by atoms with Crippen LogP contribution in [0.15, 0.2) is 48.5 Å². The monoisotopic (exact) mass is 570 g/mol. The van der Waals surface area contributed by atoms with Crippen LogP contribution in [-0.2, 0) is 9.53 Å². The number of benzene rings is 2. The number of halogens is 1. The number of aromatic nitrogens is 3. The summed E-state index contributed by atoms with van der Waals surface area (Å²) in [7, 11) is 0. The SMILES string of the molecule is Cc1ccccc1Nc1nc(N2CCN(c3ccccc3Cl)CC2)nc(N2CSC[C@H]2COCC(=O)NO)n1. The second-order valence-corrected chi connectivity index (χ2v) is 10.7. The van der Waals surface area contributed by atoms with Crippen molar-refractivity contribution in [1.82, 2.24) is 20.4 Å². The fraction of sp³-hybridized carbons (Fsp3) is 0.385. The quantitative estimate of drug-likeness (QED) is 0.260. The third-order valence-corrected chi connectivity index (χ3v) is 8.07. The molecule has 2 saturated heterocycles. The van der Waals surface area contributed by atoms with E-state index in [4.69, 9.17) is 36.5 Å². The van der Waals surface area contributed by atoms with E-state index in [1.165, 1.54) is 0 Å². The molecule has 13 heteroatoms. The summed E-state index contributed by atoms with van der Waals surface area (Å²) in [6, 6.07) is 15.9. The zero-order chi connectivity index (χ0) is 27.2. The van der Waals surface area contributed by atoms with Crippen LogP contribution in [0.3, 0.4) is 0 Å². The molecule has 1 atom stereocenters. The molecule has 0 radical (unpaired) electrons. The Kier molecular flexibility index (Phi) is 8.87. The number of piperazine rings is 1. The number of carbonyl (C=O) groups excluding carboxylic acids is 1. The lowest BCUT2D eigenvalue weighted by molar-refractivity contribution is -0.134. The molecule has 0 spiro atoms. The van der Waals surface area contributed by atoms with Gasteiger partial charge in [0, 0.05) is 37.6 Å². The van der Waals surface area contributed by atoms with Gasteiger partial charge in [0.15, 0.2) is 0 Å². The maximum atomic E-state index is 11.4. The number of anilines is 5. The molecule has 39 heavy (non-hydrogen) atoms. The number of nitrogens with one attached hydrogen (secondary N) is 2. The number of rotatable bonds is 9. The summed E-state index contributed by atoms with van der Waals surface area (Å²) >= 11 is 8.19. The van der Waals surface area contributed by atoms with E-state index >= 15 is 0 Å². The van der Waals surface area contributed by atoms with Crippen molar-refractivity contribution in [3.8, 4) is 0 Å². The Morgan fingerprint density at radius 3 is 2.54 bits per heavy atom. The standard InChI is InChI=1S/C26H31ClN8O3S/c1-18-6-2-4-8-21(18)28-24-29-25(34-12-10-33(11-13-34)22-9-5-3-7-20(22)27)31-26(30-24)35-17-39-16-19(35)14-38-15-23(36)32-37/h2-9,19,37H,10-17H2,1H3,(H,32,36)(H,28,29,30,31)/t19-/m1/s1. The fourth-order valence-corrected chi connectivity index (χ4v) is 5.96. The van der Waals surface area contributed by atoms with Crippen LogP contribution in [0.4, 0.5) is 29.2 Å². The van der Waals surface area contributed by atoms with Crippen molar-refractivity contribution in [2.24, 2.45) is 0 Å². The Morgan fingerprint density at radius 1 is 1.05 bits per heavy atom. The van der Waals surface area contributed by atoms with Crippen LogP contribution >= 0.6 is 23.4 Å². The van der Waals surface area contributed by atoms with E-state index in [9.17, 15) is 4.79 Å². The molecule has 2 fully saturated rings. The van der Waals surface area contributed by atoms with E-state index < -0.39 is 5.91 Å². The topological polar surface area (TPSA) is 119 Å². The first kappa shape index (κ1) is 27.3. The second kappa shape index (κ2) is 12.7. The first-order valence-electron chi connectivity index (χ1n) is 12.7. The maximum Gasteiger partial charge on any atom is 0.269 e. The molecule has 2 aromatic carbocycles. The van der Waals surface area contributed by atoms with Gasteiger partial charge in [-0.25, -0.2) is 5.48 Å². The smallest absolute Gasteiger partial charge is 0.269 e. The van der Waals surface area contributed by atoms with E-state index in [1.807, 2.05) is 55.5 Å². The number of hydrogen-bond acceptors (Lipinski definition) is 11. The predicted octanol–water partition coefficient (Wildman–Crippen LogP) is 3.30. The summed E-state index contributed by atoms with van der Waals surface area (Å²) in [6.45, 7) is 5.16. The lowest BCUT2D eigenvalue weighted by Gasteiger charge is -2.36. The Bertz CT molecular complexity index is 1290. The molecule has 3 N–H and O–H groups in total. The summed E-state index contributed by atoms with van der Waals surface area (Å²) in [6.07, 6.45) is 0. The molecule has 11 nitrogen and oxygen atoms in total. The first-order valence-corrected chi connectivity index (χ1v) is 14.2.